The number of hydrogen-bond acceptors (Lipinski definition) is 5. The fraction of sp³-hybridized carbons (Fsp3) is 0.312. The Kier molecular flexibility index (Phi) is 6.16. The third-order valence-electron chi connectivity index (χ3n) is 3.49. The zero-order valence-corrected chi connectivity index (χ0v) is 15.3. The number of aromatic nitrogens is 2. The molecule has 0 saturated carbocycles. The number of alkyl halides is 3. The summed E-state index contributed by atoms with van der Waals surface area (Å²) in [4.78, 5) is 18.7. The summed E-state index contributed by atoms with van der Waals surface area (Å²) in [5.74, 6) is -0.469. The molecule has 27 heavy (non-hydrogen) atoms. The van der Waals surface area contributed by atoms with Crippen molar-refractivity contribution in [3.63, 3.8) is 0 Å². The van der Waals surface area contributed by atoms with Gasteiger partial charge in [0.1, 0.15) is 11.5 Å². The van der Waals surface area contributed by atoms with Crippen LogP contribution in [0.5, 0.6) is 0 Å². The van der Waals surface area contributed by atoms with Crippen molar-refractivity contribution in [2.24, 2.45) is 0 Å². The number of nitrogens with zero attached hydrogens (tertiary/aromatic N) is 2. The molecule has 0 atom stereocenters. The van der Waals surface area contributed by atoms with Gasteiger partial charge < -0.3 is 5.32 Å². The molecule has 0 spiro atoms. The highest BCUT2D eigenvalue weighted by atomic mass is 32.2. The molecule has 2 rings (SSSR count). The van der Waals surface area contributed by atoms with Crippen LogP contribution in [0.25, 0.3) is 0 Å². The number of benzene rings is 1. The van der Waals surface area contributed by atoms with E-state index in [0.717, 1.165) is 6.07 Å². The van der Waals surface area contributed by atoms with Crippen molar-refractivity contribution in [2.75, 3.05) is 13.6 Å². The molecule has 2 aromatic rings. The first kappa shape index (κ1) is 20.8. The van der Waals surface area contributed by atoms with Crippen molar-refractivity contribution in [1.29, 1.82) is 0 Å². The highest BCUT2D eigenvalue weighted by Gasteiger charge is 2.33. The first-order valence-corrected chi connectivity index (χ1v) is 9.25. The summed E-state index contributed by atoms with van der Waals surface area (Å²) in [6.07, 6.45) is -4.71. The second-order valence-electron chi connectivity index (χ2n) is 5.56. The Labute approximate surface area is 154 Å². The summed E-state index contributed by atoms with van der Waals surface area (Å²) in [6.45, 7) is 1.22. The lowest BCUT2D eigenvalue weighted by Gasteiger charge is -2.10. The Morgan fingerprint density at radius 3 is 2.33 bits per heavy atom. The van der Waals surface area contributed by atoms with Crippen LogP contribution in [-0.2, 0) is 22.6 Å². The molecule has 146 valence electrons. The van der Waals surface area contributed by atoms with E-state index >= 15 is 0 Å². The van der Waals surface area contributed by atoms with Crippen molar-refractivity contribution < 1.29 is 26.4 Å². The van der Waals surface area contributed by atoms with E-state index in [9.17, 15) is 26.4 Å². The van der Waals surface area contributed by atoms with Crippen molar-refractivity contribution in [3.8, 4) is 0 Å². The van der Waals surface area contributed by atoms with Crippen LogP contribution in [0, 0.1) is 6.92 Å². The molecule has 1 heterocycles. The molecule has 7 nitrogen and oxygen atoms in total. The zero-order valence-electron chi connectivity index (χ0n) is 14.5. The van der Waals surface area contributed by atoms with Crippen molar-refractivity contribution in [2.45, 2.75) is 24.4 Å². The largest absolute Gasteiger partial charge is 0.433 e. The minimum absolute atomic E-state index is 0.0729. The number of carbonyl (C=O) groups excluding carboxylic acids is 1. The molecule has 0 bridgehead atoms. The first-order chi connectivity index (χ1) is 12.5. The number of amides is 1. The monoisotopic (exact) mass is 402 g/mol. The van der Waals surface area contributed by atoms with Crippen LogP contribution in [0.15, 0.2) is 35.2 Å². The number of rotatable bonds is 6. The standard InChI is InChI=1S/C16H17F3N4O3S/c1-10-9-13(16(17,18)19)23-14(22-10)7-8-21-27(25,26)12-5-3-11(4-6-12)15(24)20-2/h3-6,9,21H,7-8H2,1-2H3,(H,20,24). The number of carbonyl (C=O) groups is 1. The third-order valence-corrected chi connectivity index (χ3v) is 4.96. The number of halogens is 3. The Bertz CT molecular complexity index is 929. The number of sulfonamides is 1. The second-order valence-corrected chi connectivity index (χ2v) is 7.33. The van der Waals surface area contributed by atoms with E-state index < -0.39 is 21.9 Å². The molecule has 1 aromatic heterocycles. The summed E-state index contributed by atoms with van der Waals surface area (Å²) in [5, 5.41) is 2.41. The summed E-state index contributed by atoms with van der Waals surface area (Å²) in [6, 6.07) is 6.05. The second kappa shape index (κ2) is 8.01. The fourth-order valence-corrected chi connectivity index (χ4v) is 3.23. The van der Waals surface area contributed by atoms with Gasteiger partial charge in [-0.05, 0) is 37.3 Å². The van der Waals surface area contributed by atoms with Gasteiger partial charge in [-0.15, -0.1) is 0 Å². The maximum Gasteiger partial charge on any atom is 0.433 e. The zero-order chi connectivity index (χ0) is 20.2. The van der Waals surface area contributed by atoms with E-state index in [1.54, 1.807) is 0 Å². The molecule has 0 unspecified atom stereocenters. The van der Waals surface area contributed by atoms with Gasteiger partial charge >= 0.3 is 6.18 Å². The van der Waals surface area contributed by atoms with Crippen molar-refractivity contribution in [3.05, 3.63) is 53.1 Å². The molecule has 0 aliphatic heterocycles. The molecule has 11 heteroatoms. The van der Waals surface area contributed by atoms with Gasteiger partial charge in [-0.25, -0.2) is 23.1 Å². The molecular formula is C16H17F3N4O3S. The third kappa shape index (κ3) is 5.47. The van der Waals surface area contributed by atoms with Crippen molar-refractivity contribution >= 4 is 15.9 Å². The normalized spacial score (nSPS) is 12.0. The average molecular weight is 402 g/mol. The minimum atomic E-state index is -4.60. The predicted molar refractivity (Wildman–Crippen MR) is 90.5 cm³/mol. The maximum atomic E-state index is 12.8. The van der Waals surface area contributed by atoms with Crippen LogP contribution in [0.2, 0.25) is 0 Å². The Morgan fingerprint density at radius 1 is 1.15 bits per heavy atom. The van der Waals surface area contributed by atoms with Gasteiger partial charge in [0, 0.05) is 31.3 Å². The molecule has 1 aromatic carbocycles. The molecule has 0 fully saturated rings. The topological polar surface area (TPSA) is 101 Å². The van der Waals surface area contributed by atoms with Gasteiger partial charge in [0.25, 0.3) is 5.91 Å². The molecule has 1 amide bonds. The van der Waals surface area contributed by atoms with E-state index in [1.807, 2.05) is 0 Å². The van der Waals surface area contributed by atoms with Gasteiger partial charge in [-0.1, -0.05) is 0 Å². The van der Waals surface area contributed by atoms with Gasteiger partial charge in [0.05, 0.1) is 4.90 Å². The van der Waals surface area contributed by atoms with Crippen molar-refractivity contribution in [1.82, 2.24) is 20.0 Å². The lowest BCUT2D eigenvalue weighted by molar-refractivity contribution is -0.141. The highest BCUT2D eigenvalue weighted by Crippen LogP contribution is 2.27. The van der Waals surface area contributed by atoms with Crippen LogP contribution >= 0.6 is 0 Å². The van der Waals surface area contributed by atoms with E-state index in [-0.39, 0.29) is 35.3 Å². The van der Waals surface area contributed by atoms with E-state index in [2.05, 4.69) is 20.0 Å². The minimum Gasteiger partial charge on any atom is -0.355 e. The number of nitrogens with one attached hydrogen (secondary N) is 2. The van der Waals surface area contributed by atoms with Gasteiger partial charge in [0.15, 0.2) is 0 Å². The van der Waals surface area contributed by atoms with Crippen LogP contribution < -0.4 is 10.0 Å². The Hall–Kier alpha value is -2.53. The van der Waals surface area contributed by atoms with Crippen LogP contribution in [0.3, 0.4) is 0 Å². The quantitative estimate of drug-likeness (QED) is 0.766. The van der Waals surface area contributed by atoms with Gasteiger partial charge in [-0.3, -0.25) is 4.79 Å². The maximum absolute atomic E-state index is 12.8. The average Bonchev–Trinajstić information content (AvgIpc) is 2.60. The van der Waals surface area contributed by atoms with Gasteiger partial charge in [-0.2, -0.15) is 13.2 Å². The fourth-order valence-electron chi connectivity index (χ4n) is 2.20. The summed E-state index contributed by atoms with van der Waals surface area (Å²) in [7, 11) is -2.44. The summed E-state index contributed by atoms with van der Waals surface area (Å²) >= 11 is 0. The van der Waals surface area contributed by atoms with Gasteiger partial charge in [0.2, 0.25) is 10.0 Å². The van der Waals surface area contributed by atoms with E-state index in [1.165, 1.54) is 38.2 Å². The highest BCUT2D eigenvalue weighted by molar-refractivity contribution is 7.89. The van der Waals surface area contributed by atoms with Crippen LogP contribution in [0.1, 0.15) is 27.6 Å². The van der Waals surface area contributed by atoms with E-state index in [4.69, 9.17) is 0 Å². The summed E-state index contributed by atoms with van der Waals surface area (Å²) in [5.41, 5.74) is -0.637. The molecule has 0 aliphatic rings. The van der Waals surface area contributed by atoms with Crippen LogP contribution in [-0.4, -0.2) is 37.9 Å². The van der Waals surface area contributed by atoms with E-state index in [0.29, 0.717) is 5.56 Å². The lowest BCUT2D eigenvalue weighted by atomic mass is 10.2. The molecular weight excluding hydrogens is 385 g/mol. The van der Waals surface area contributed by atoms with Crippen LogP contribution in [0.4, 0.5) is 13.2 Å². The molecule has 0 saturated heterocycles. The molecule has 2 N–H and O–H groups in total. The Balaban J connectivity index is 2.06. The first-order valence-electron chi connectivity index (χ1n) is 7.76. The predicted octanol–water partition coefficient (Wildman–Crippen LogP) is 1.68. The number of aryl methyl sites for hydroxylation is 1. The molecule has 0 radical (unpaired) electrons. The Morgan fingerprint density at radius 2 is 1.78 bits per heavy atom. The molecule has 0 aliphatic carbocycles. The SMILES string of the molecule is CNC(=O)c1ccc(S(=O)(=O)NCCc2nc(C)cc(C(F)(F)F)n2)cc1. The smallest absolute Gasteiger partial charge is 0.355 e. The lowest BCUT2D eigenvalue weighted by Crippen LogP contribution is -2.27. The number of hydrogen-bond donors (Lipinski definition) is 2. The summed E-state index contributed by atoms with van der Waals surface area (Å²) < 4.78 is 65.0.